The van der Waals surface area contributed by atoms with Crippen LogP contribution in [0.15, 0.2) is 69.2 Å². The standard InChI is InChI=1S/C19H15BrFN3O3/c1-2-9-23-18(26)13-5-3-4-6-16(13)24(19(23)27)11-17(25)22-15-8-7-12(20)10-14(15)21/h2-8,10H,1,9,11H2,(H,22,25). The molecule has 0 aliphatic heterocycles. The summed E-state index contributed by atoms with van der Waals surface area (Å²) in [5.41, 5.74) is -0.754. The van der Waals surface area contributed by atoms with E-state index in [2.05, 4.69) is 27.8 Å². The Bertz CT molecular complexity index is 1170. The van der Waals surface area contributed by atoms with Crippen LogP contribution in [0.4, 0.5) is 10.1 Å². The number of aromatic nitrogens is 2. The number of halogens is 2. The molecule has 0 fully saturated rings. The molecule has 0 bridgehead atoms. The molecule has 1 N–H and O–H groups in total. The second-order valence-electron chi connectivity index (χ2n) is 5.76. The fraction of sp³-hybridized carbons (Fsp3) is 0.105. The summed E-state index contributed by atoms with van der Waals surface area (Å²) in [7, 11) is 0. The van der Waals surface area contributed by atoms with Gasteiger partial charge in [0.25, 0.3) is 5.56 Å². The van der Waals surface area contributed by atoms with Crippen molar-refractivity contribution in [3.63, 3.8) is 0 Å². The Hall–Kier alpha value is -3.00. The smallest absolute Gasteiger partial charge is 0.322 e. The Morgan fingerprint density at radius 3 is 2.63 bits per heavy atom. The molecular weight excluding hydrogens is 417 g/mol. The average Bonchev–Trinajstić information content (AvgIpc) is 2.64. The van der Waals surface area contributed by atoms with Gasteiger partial charge in [0.1, 0.15) is 12.4 Å². The molecule has 0 radical (unpaired) electrons. The zero-order valence-electron chi connectivity index (χ0n) is 14.1. The number of carbonyl (C=O) groups is 1. The van der Waals surface area contributed by atoms with E-state index >= 15 is 0 Å². The third-order valence-electron chi connectivity index (χ3n) is 3.95. The number of hydrogen-bond donors (Lipinski definition) is 1. The molecule has 1 heterocycles. The van der Waals surface area contributed by atoms with Crippen LogP contribution >= 0.6 is 15.9 Å². The topological polar surface area (TPSA) is 73.1 Å². The number of rotatable bonds is 5. The highest BCUT2D eigenvalue weighted by Crippen LogP contribution is 2.19. The zero-order valence-corrected chi connectivity index (χ0v) is 15.7. The SMILES string of the molecule is C=CCn1c(=O)c2ccccc2n(CC(=O)Nc2ccc(Br)cc2F)c1=O. The van der Waals surface area contributed by atoms with Gasteiger partial charge in [0.05, 0.1) is 16.6 Å². The Labute approximate surface area is 161 Å². The van der Waals surface area contributed by atoms with Gasteiger partial charge in [-0.05, 0) is 30.3 Å². The molecular formula is C19H15BrFN3O3. The molecule has 3 rings (SSSR count). The van der Waals surface area contributed by atoms with Crippen LogP contribution in [0.5, 0.6) is 0 Å². The molecule has 138 valence electrons. The number of allylic oxidation sites excluding steroid dienone is 1. The summed E-state index contributed by atoms with van der Waals surface area (Å²) in [5.74, 6) is -1.20. The zero-order chi connectivity index (χ0) is 19.6. The van der Waals surface area contributed by atoms with E-state index in [4.69, 9.17) is 0 Å². The van der Waals surface area contributed by atoms with Crippen LogP contribution in [0, 0.1) is 5.82 Å². The Morgan fingerprint density at radius 1 is 1.19 bits per heavy atom. The first-order chi connectivity index (χ1) is 12.9. The number of fused-ring (bicyclic) bond motifs is 1. The minimum Gasteiger partial charge on any atom is -0.322 e. The van der Waals surface area contributed by atoms with E-state index in [9.17, 15) is 18.8 Å². The van der Waals surface area contributed by atoms with Crippen molar-refractivity contribution in [2.24, 2.45) is 0 Å². The number of hydrogen-bond acceptors (Lipinski definition) is 3. The van der Waals surface area contributed by atoms with Gasteiger partial charge in [0.15, 0.2) is 0 Å². The van der Waals surface area contributed by atoms with Crippen LogP contribution in [-0.4, -0.2) is 15.0 Å². The normalized spacial score (nSPS) is 10.7. The van der Waals surface area contributed by atoms with Crippen LogP contribution < -0.4 is 16.6 Å². The minimum atomic E-state index is -0.634. The number of para-hydroxylation sites is 1. The summed E-state index contributed by atoms with van der Waals surface area (Å²) in [5, 5.41) is 2.75. The van der Waals surface area contributed by atoms with Crippen molar-refractivity contribution in [2.75, 3.05) is 5.32 Å². The van der Waals surface area contributed by atoms with Crippen molar-refractivity contribution < 1.29 is 9.18 Å². The summed E-state index contributed by atoms with van der Waals surface area (Å²) in [6.07, 6.45) is 1.43. The number of nitrogens with zero attached hydrogens (tertiary/aromatic N) is 2. The van der Waals surface area contributed by atoms with Crippen molar-refractivity contribution in [2.45, 2.75) is 13.1 Å². The van der Waals surface area contributed by atoms with Gasteiger partial charge in [0.2, 0.25) is 5.91 Å². The van der Waals surface area contributed by atoms with E-state index in [1.807, 2.05) is 0 Å². The monoisotopic (exact) mass is 431 g/mol. The molecule has 0 aliphatic rings. The summed E-state index contributed by atoms with van der Waals surface area (Å²) in [6.45, 7) is 3.20. The van der Waals surface area contributed by atoms with Crippen LogP contribution in [0.3, 0.4) is 0 Å². The second-order valence-corrected chi connectivity index (χ2v) is 6.68. The second kappa shape index (κ2) is 7.71. The lowest BCUT2D eigenvalue weighted by Crippen LogP contribution is -2.41. The Kier molecular flexibility index (Phi) is 5.36. The molecule has 0 aliphatic carbocycles. The van der Waals surface area contributed by atoms with Crippen molar-refractivity contribution in [1.82, 2.24) is 9.13 Å². The predicted molar refractivity (Wildman–Crippen MR) is 105 cm³/mol. The first-order valence-corrected chi connectivity index (χ1v) is 8.80. The molecule has 0 atom stereocenters. The van der Waals surface area contributed by atoms with Gasteiger partial charge in [-0.25, -0.2) is 9.18 Å². The average molecular weight is 432 g/mol. The number of benzene rings is 2. The third kappa shape index (κ3) is 3.75. The molecule has 0 saturated carbocycles. The molecule has 0 spiro atoms. The first-order valence-electron chi connectivity index (χ1n) is 8.00. The quantitative estimate of drug-likeness (QED) is 0.631. The summed E-state index contributed by atoms with van der Waals surface area (Å²) in [6, 6.07) is 10.7. The van der Waals surface area contributed by atoms with E-state index in [1.54, 1.807) is 30.3 Å². The fourth-order valence-electron chi connectivity index (χ4n) is 2.74. The van der Waals surface area contributed by atoms with E-state index in [-0.39, 0.29) is 18.8 Å². The van der Waals surface area contributed by atoms with E-state index in [0.717, 1.165) is 4.57 Å². The molecule has 8 heteroatoms. The maximum atomic E-state index is 13.9. The molecule has 0 unspecified atom stereocenters. The molecule has 0 saturated heterocycles. The summed E-state index contributed by atoms with van der Waals surface area (Å²) >= 11 is 3.14. The van der Waals surface area contributed by atoms with Crippen LogP contribution in [0.25, 0.3) is 10.9 Å². The summed E-state index contributed by atoms with van der Waals surface area (Å²) < 4.78 is 16.7. The van der Waals surface area contributed by atoms with Crippen molar-refractivity contribution in [3.8, 4) is 0 Å². The van der Waals surface area contributed by atoms with Gasteiger partial charge in [0, 0.05) is 11.0 Å². The van der Waals surface area contributed by atoms with Crippen molar-refractivity contribution in [1.29, 1.82) is 0 Å². The lowest BCUT2D eigenvalue weighted by atomic mass is 10.2. The highest BCUT2D eigenvalue weighted by atomic mass is 79.9. The van der Waals surface area contributed by atoms with E-state index in [1.165, 1.54) is 22.8 Å². The van der Waals surface area contributed by atoms with Gasteiger partial charge in [-0.1, -0.05) is 34.1 Å². The van der Waals surface area contributed by atoms with Crippen molar-refractivity contribution >= 4 is 38.4 Å². The number of carbonyl (C=O) groups excluding carboxylic acids is 1. The maximum Gasteiger partial charge on any atom is 0.332 e. The first kappa shape index (κ1) is 18.8. The minimum absolute atomic E-state index is 0.0000300. The van der Waals surface area contributed by atoms with Gasteiger partial charge in [-0.15, -0.1) is 6.58 Å². The predicted octanol–water partition coefficient (Wildman–Crippen LogP) is 2.89. The van der Waals surface area contributed by atoms with E-state index in [0.29, 0.717) is 15.4 Å². The molecule has 3 aromatic rings. The van der Waals surface area contributed by atoms with Gasteiger partial charge >= 0.3 is 5.69 Å². The van der Waals surface area contributed by atoms with Gasteiger partial charge in [-0.3, -0.25) is 18.7 Å². The number of amides is 1. The van der Waals surface area contributed by atoms with Crippen LogP contribution in [0.1, 0.15) is 0 Å². The maximum absolute atomic E-state index is 13.9. The van der Waals surface area contributed by atoms with Crippen molar-refractivity contribution in [3.05, 3.63) is 86.2 Å². The molecule has 1 aromatic heterocycles. The third-order valence-corrected chi connectivity index (χ3v) is 4.44. The Balaban J connectivity index is 2.03. The van der Waals surface area contributed by atoms with Crippen LogP contribution in [0.2, 0.25) is 0 Å². The molecule has 1 amide bonds. The largest absolute Gasteiger partial charge is 0.332 e. The summed E-state index contributed by atoms with van der Waals surface area (Å²) in [4.78, 5) is 37.6. The number of anilines is 1. The lowest BCUT2D eigenvalue weighted by Gasteiger charge is -2.13. The van der Waals surface area contributed by atoms with Gasteiger partial charge in [-0.2, -0.15) is 0 Å². The lowest BCUT2D eigenvalue weighted by molar-refractivity contribution is -0.116. The van der Waals surface area contributed by atoms with E-state index < -0.39 is 23.0 Å². The van der Waals surface area contributed by atoms with Crippen LogP contribution in [-0.2, 0) is 17.9 Å². The highest BCUT2D eigenvalue weighted by Gasteiger charge is 2.15. The Morgan fingerprint density at radius 2 is 1.93 bits per heavy atom. The molecule has 6 nitrogen and oxygen atoms in total. The van der Waals surface area contributed by atoms with Gasteiger partial charge < -0.3 is 5.32 Å². The highest BCUT2D eigenvalue weighted by molar-refractivity contribution is 9.10. The fourth-order valence-corrected chi connectivity index (χ4v) is 3.07. The molecule has 2 aromatic carbocycles. The number of nitrogens with one attached hydrogen (secondary N) is 1. The molecule has 27 heavy (non-hydrogen) atoms.